The van der Waals surface area contributed by atoms with Crippen molar-refractivity contribution in [3.05, 3.63) is 54.6 Å². The van der Waals surface area contributed by atoms with E-state index in [-0.39, 0.29) is 0 Å². The number of hydrogen-bond donors (Lipinski definition) is 0. The fourth-order valence-corrected chi connectivity index (χ4v) is 1.59. The van der Waals surface area contributed by atoms with Crippen molar-refractivity contribution >= 4 is 17.6 Å². The molecule has 0 radical (unpaired) electrons. The summed E-state index contributed by atoms with van der Waals surface area (Å²) in [4.78, 5) is 11.3. The molecule has 0 bridgehead atoms. The van der Waals surface area contributed by atoms with Crippen molar-refractivity contribution in [1.29, 1.82) is 0 Å². The predicted octanol–water partition coefficient (Wildman–Crippen LogP) is 3.89. The third-order valence-corrected chi connectivity index (χ3v) is 2.68. The van der Waals surface area contributed by atoms with E-state index in [1.807, 2.05) is 42.5 Å². The molecule has 0 aliphatic rings. The number of benzene rings is 2. The number of carbonyl (C=O) groups is 1. The van der Waals surface area contributed by atoms with Crippen LogP contribution in [0.15, 0.2) is 54.6 Å². The highest BCUT2D eigenvalue weighted by molar-refractivity contribution is 6.29. The molecule has 0 aliphatic carbocycles. The normalized spacial score (nSPS) is 11.9. The van der Waals surface area contributed by atoms with E-state index >= 15 is 0 Å². The molecule has 18 heavy (non-hydrogen) atoms. The molecule has 2 aromatic carbocycles. The predicted molar refractivity (Wildman–Crippen MR) is 72.8 cm³/mol. The summed E-state index contributed by atoms with van der Waals surface area (Å²) < 4.78 is 5.10. The van der Waals surface area contributed by atoms with Crippen LogP contribution >= 0.6 is 11.6 Å². The van der Waals surface area contributed by atoms with Crippen LogP contribution in [0.2, 0.25) is 0 Å². The van der Waals surface area contributed by atoms with E-state index in [1.54, 1.807) is 19.1 Å². The van der Waals surface area contributed by atoms with Crippen LogP contribution in [-0.4, -0.2) is 11.3 Å². The van der Waals surface area contributed by atoms with Crippen LogP contribution in [0.25, 0.3) is 11.1 Å². The van der Waals surface area contributed by atoms with Gasteiger partial charge in [0, 0.05) is 0 Å². The maximum atomic E-state index is 11.3. The van der Waals surface area contributed by atoms with Crippen LogP contribution in [0, 0.1) is 0 Å². The molecule has 0 saturated carbocycles. The maximum Gasteiger partial charge on any atom is 0.329 e. The molecule has 92 valence electrons. The van der Waals surface area contributed by atoms with E-state index < -0.39 is 11.3 Å². The highest BCUT2D eigenvalue weighted by atomic mass is 35.5. The Morgan fingerprint density at radius 3 is 2.11 bits per heavy atom. The first-order valence-electron chi connectivity index (χ1n) is 5.68. The number of alkyl halides is 1. The van der Waals surface area contributed by atoms with Crippen LogP contribution in [0.1, 0.15) is 6.92 Å². The molecule has 3 heteroatoms. The fourth-order valence-electron chi connectivity index (χ4n) is 1.54. The van der Waals surface area contributed by atoms with Gasteiger partial charge in [0.1, 0.15) is 11.1 Å². The minimum absolute atomic E-state index is 0.441. The van der Waals surface area contributed by atoms with E-state index in [0.29, 0.717) is 5.75 Å². The SMILES string of the molecule is CC(Cl)C(=O)Oc1ccc(-c2ccccc2)cc1. The Hall–Kier alpha value is -1.80. The number of hydrogen-bond acceptors (Lipinski definition) is 2. The summed E-state index contributed by atoms with van der Waals surface area (Å²) in [5.74, 6) is 0.0660. The van der Waals surface area contributed by atoms with Crippen molar-refractivity contribution in [2.24, 2.45) is 0 Å². The van der Waals surface area contributed by atoms with Crippen LogP contribution < -0.4 is 4.74 Å². The minimum Gasteiger partial charge on any atom is -0.425 e. The Balaban J connectivity index is 2.13. The first-order chi connectivity index (χ1) is 8.66. The van der Waals surface area contributed by atoms with E-state index in [0.717, 1.165) is 11.1 Å². The van der Waals surface area contributed by atoms with E-state index in [1.165, 1.54) is 0 Å². The quantitative estimate of drug-likeness (QED) is 0.475. The van der Waals surface area contributed by atoms with Gasteiger partial charge in [-0.25, -0.2) is 0 Å². The standard InChI is InChI=1S/C15H13ClO2/c1-11(16)15(17)18-14-9-7-13(8-10-14)12-5-3-2-4-6-12/h2-11H,1H3. The van der Waals surface area contributed by atoms with E-state index in [4.69, 9.17) is 16.3 Å². The molecule has 0 aromatic heterocycles. The van der Waals surface area contributed by atoms with Crippen LogP contribution in [0.3, 0.4) is 0 Å². The topological polar surface area (TPSA) is 26.3 Å². The van der Waals surface area contributed by atoms with Gasteiger partial charge in [0.25, 0.3) is 0 Å². The number of halogens is 1. The lowest BCUT2D eigenvalue weighted by Crippen LogP contribution is -2.17. The molecule has 1 atom stereocenters. The van der Waals surface area contributed by atoms with Crippen molar-refractivity contribution in [3.63, 3.8) is 0 Å². The van der Waals surface area contributed by atoms with Gasteiger partial charge in [-0.3, -0.25) is 4.79 Å². The molecular formula is C15H13ClO2. The number of rotatable bonds is 3. The van der Waals surface area contributed by atoms with Gasteiger partial charge in [-0.05, 0) is 30.2 Å². The van der Waals surface area contributed by atoms with Gasteiger partial charge in [0.05, 0.1) is 0 Å². The Labute approximate surface area is 111 Å². The summed E-state index contributed by atoms with van der Waals surface area (Å²) in [5, 5.41) is -0.640. The van der Waals surface area contributed by atoms with Gasteiger partial charge in [0.2, 0.25) is 0 Å². The van der Waals surface area contributed by atoms with Gasteiger partial charge in [-0.2, -0.15) is 0 Å². The molecule has 1 unspecified atom stereocenters. The van der Waals surface area contributed by atoms with Crippen LogP contribution in [0.4, 0.5) is 0 Å². The molecule has 0 heterocycles. The van der Waals surface area contributed by atoms with E-state index in [9.17, 15) is 4.79 Å². The molecule has 2 rings (SSSR count). The smallest absolute Gasteiger partial charge is 0.329 e. The van der Waals surface area contributed by atoms with Gasteiger partial charge >= 0.3 is 5.97 Å². The second-order valence-electron chi connectivity index (χ2n) is 3.93. The zero-order chi connectivity index (χ0) is 13.0. The summed E-state index contributed by atoms with van der Waals surface area (Å²) in [5.41, 5.74) is 2.20. The Morgan fingerprint density at radius 1 is 1.00 bits per heavy atom. The Morgan fingerprint density at radius 2 is 1.56 bits per heavy atom. The monoisotopic (exact) mass is 260 g/mol. The van der Waals surface area contributed by atoms with E-state index in [2.05, 4.69) is 0 Å². The molecule has 0 N–H and O–H groups in total. The van der Waals surface area contributed by atoms with Crippen molar-refractivity contribution < 1.29 is 9.53 Å². The number of carbonyl (C=O) groups excluding carboxylic acids is 1. The van der Waals surface area contributed by atoms with Crippen LogP contribution in [-0.2, 0) is 4.79 Å². The summed E-state index contributed by atoms with van der Waals surface area (Å²) in [6, 6.07) is 17.4. The molecule has 0 aliphatic heterocycles. The molecule has 0 saturated heterocycles. The third kappa shape index (κ3) is 3.11. The number of ether oxygens (including phenoxy) is 1. The molecular weight excluding hydrogens is 248 g/mol. The van der Waals surface area contributed by atoms with Crippen molar-refractivity contribution in [2.45, 2.75) is 12.3 Å². The van der Waals surface area contributed by atoms with Crippen molar-refractivity contribution in [1.82, 2.24) is 0 Å². The minimum atomic E-state index is -0.640. The van der Waals surface area contributed by atoms with Crippen LogP contribution in [0.5, 0.6) is 5.75 Å². The summed E-state index contributed by atoms with van der Waals surface area (Å²) in [6.07, 6.45) is 0. The highest BCUT2D eigenvalue weighted by Gasteiger charge is 2.11. The van der Waals surface area contributed by atoms with Crippen molar-refractivity contribution in [2.75, 3.05) is 0 Å². The second kappa shape index (κ2) is 5.69. The molecule has 0 fully saturated rings. The first kappa shape index (κ1) is 12.7. The second-order valence-corrected chi connectivity index (χ2v) is 4.58. The lowest BCUT2D eigenvalue weighted by Gasteiger charge is -2.06. The lowest BCUT2D eigenvalue weighted by atomic mass is 10.1. The summed E-state index contributed by atoms with van der Waals surface area (Å²) in [7, 11) is 0. The molecule has 0 spiro atoms. The van der Waals surface area contributed by atoms with Gasteiger partial charge < -0.3 is 4.74 Å². The van der Waals surface area contributed by atoms with Gasteiger partial charge in [0.15, 0.2) is 0 Å². The molecule has 2 aromatic rings. The number of esters is 1. The lowest BCUT2D eigenvalue weighted by molar-refractivity contribution is -0.133. The maximum absolute atomic E-state index is 11.3. The average molecular weight is 261 g/mol. The van der Waals surface area contributed by atoms with Gasteiger partial charge in [-0.15, -0.1) is 11.6 Å². The Bertz CT molecular complexity index is 518. The average Bonchev–Trinajstić information content (AvgIpc) is 2.40. The van der Waals surface area contributed by atoms with Gasteiger partial charge in [-0.1, -0.05) is 42.5 Å². The first-order valence-corrected chi connectivity index (χ1v) is 6.12. The zero-order valence-corrected chi connectivity index (χ0v) is 10.7. The zero-order valence-electron chi connectivity index (χ0n) is 9.97. The van der Waals surface area contributed by atoms with Crippen molar-refractivity contribution in [3.8, 4) is 16.9 Å². The molecule has 0 amide bonds. The molecule has 2 nitrogen and oxygen atoms in total. The Kier molecular flexibility index (Phi) is 4.00. The summed E-state index contributed by atoms with van der Waals surface area (Å²) in [6.45, 7) is 1.59. The fraction of sp³-hybridized carbons (Fsp3) is 0.133. The third-order valence-electron chi connectivity index (χ3n) is 2.50. The highest BCUT2D eigenvalue weighted by Crippen LogP contribution is 2.22. The summed E-state index contributed by atoms with van der Waals surface area (Å²) >= 11 is 5.63. The largest absolute Gasteiger partial charge is 0.425 e.